The van der Waals surface area contributed by atoms with E-state index in [1.165, 1.54) is 82.8 Å². The zero-order chi connectivity index (χ0) is 23.3. The maximum Gasteiger partial charge on any atom is 0 e. The maximum atomic E-state index is 9.87. The third kappa shape index (κ3) is 11.8. The van der Waals surface area contributed by atoms with Crippen molar-refractivity contribution in [3.63, 3.8) is 0 Å². The quantitative estimate of drug-likeness (QED) is 0.134. The van der Waals surface area contributed by atoms with E-state index in [1.807, 2.05) is 0 Å². The summed E-state index contributed by atoms with van der Waals surface area (Å²) in [6.45, 7) is 7.20. The summed E-state index contributed by atoms with van der Waals surface area (Å²) in [5, 5.41) is 0. The van der Waals surface area contributed by atoms with Crippen molar-refractivity contribution in [2.45, 2.75) is 44.9 Å². The Hall–Kier alpha value is -0.947. The first-order valence-electron chi connectivity index (χ1n) is 11.3. The Morgan fingerprint density at radius 2 is 0.970 bits per heavy atom. The van der Waals surface area contributed by atoms with Gasteiger partial charge in [-0.25, -0.2) is 0 Å². The predicted octanol–water partition coefficient (Wildman–Crippen LogP) is 6.90. The van der Waals surface area contributed by atoms with E-state index in [4.69, 9.17) is 0 Å². The smallest absolute Gasteiger partial charge is 0 e. The second kappa shape index (κ2) is 10.8. The molecule has 0 saturated carbocycles. The van der Waals surface area contributed by atoms with E-state index < -0.39 is 7.81 Å². The van der Waals surface area contributed by atoms with Crippen LogP contribution in [0.25, 0.3) is 0 Å². The molecule has 0 atom stereocenters. The summed E-state index contributed by atoms with van der Waals surface area (Å²) in [6.07, 6.45) is 18.2. The molecule has 193 valence electrons. The minimum absolute atomic E-state index is 0. The third-order valence-electron chi connectivity index (χ3n) is 5.90. The minimum Gasteiger partial charge on any atom is 0 e. The van der Waals surface area contributed by atoms with E-state index in [9.17, 15) is 25.2 Å². The van der Waals surface area contributed by atoms with E-state index in [2.05, 4.69) is 44.1 Å². The second-order valence-corrected chi connectivity index (χ2v) is 10.7. The molecule has 6 rings (SSSR count). The molecule has 33 heavy (non-hydrogen) atoms. The van der Waals surface area contributed by atoms with Crippen LogP contribution in [0.3, 0.4) is 0 Å². The van der Waals surface area contributed by atoms with Crippen molar-refractivity contribution in [2.24, 2.45) is 21.8 Å². The first kappa shape index (κ1) is 28.3. The van der Waals surface area contributed by atoms with Gasteiger partial charge in [-0.3, -0.25) is 9.98 Å². The van der Waals surface area contributed by atoms with Gasteiger partial charge in [-0.05, 0) is 43.9 Å². The topological polar surface area (TPSA) is 31.2 Å². The molecule has 1 radical (unpaired) electrons. The van der Waals surface area contributed by atoms with Crippen LogP contribution in [0.2, 0.25) is 0 Å². The van der Waals surface area contributed by atoms with Crippen molar-refractivity contribution in [1.29, 1.82) is 0 Å². The Labute approximate surface area is 204 Å². The molecular formula is C21H32F6N4PRh-. The molecule has 0 unspecified atom stereocenters. The first-order valence-corrected chi connectivity index (χ1v) is 13.4. The average Bonchev–Trinajstić information content (AvgIpc) is 3.51. The zero-order valence-electron chi connectivity index (χ0n) is 18.5. The predicted molar refractivity (Wildman–Crippen MR) is 119 cm³/mol. The molecule has 4 aliphatic heterocycles. The molecule has 0 aromatic carbocycles. The normalized spacial score (nSPS) is 28.2. The molecule has 4 heterocycles. The van der Waals surface area contributed by atoms with E-state index >= 15 is 0 Å². The SMILES string of the molecule is C1=CC2C=CC1C2.C1CN=C2CCCN2C1.C1CN=C2CCCN2C1.F[P-](F)(F)(F)(F)F.[Rh]. The van der Waals surface area contributed by atoms with Crippen LogP contribution in [-0.2, 0) is 19.5 Å². The fourth-order valence-corrected chi connectivity index (χ4v) is 4.54. The molecule has 0 amide bonds. The molecule has 2 fully saturated rings. The van der Waals surface area contributed by atoms with Gasteiger partial charge in [0.15, 0.2) is 0 Å². The van der Waals surface area contributed by atoms with Gasteiger partial charge in [0.2, 0.25) is 0 Å². The molecule has 12 heteroatoms. The van der Waals surface area contributed by atoms with Crippen molar-refractivity contribution in [1.82, 2.24) is 9.80 Å². The van der Waals surface area contributed by atoms with Crippen molar-refractivity contribution < 1.29 is 44.7 Å². The van der Waals surface area contributed by atoms with Gasteiger partial charge < -0.3 is 9.80 Å². The van der Waals surface area contributed by atoms with Gasteiger partial charge >= 0.3 is 33.0 Å². The number of amidine groups is 2. The standard InChI is InChI=1S/2C7H12N2.C7H8.F6P.Rh/c2*1-3-7-8-4-2-6-9(7)5-1;1-2-7-4-3-6(1)5-7;1-7(2,3,4,5)6;/h2*1-6H2;1-4,6-7H,5H2;;/q;;;-1;. The molecule has 0 aromatic heterocycles. The molecule has 6 aliphatic rings. The van der Waals surface area contributed by atoms with Crippen molar-refractivity contribution >= 4 is 19.5 Å². The Morgan fingerprint density at radius 1 is 0.636 bits per heavy atom. The fourth-order valence-electron chi connectivity index (χ4n) is 4.54. The summed E-state index contributed by atoms with van der Waals surface area (Å²) in [6, 6.07) is 0. The summed E-state index contributed by atoms with van der Waals surface area (Å²) >= 11 is 0. The van der Waals surface area contributed by atoms with Gasteiger partial charge in [0, 0.05) is 71.6 Å². The molecular weight excluding hydrogens is 556 g/mol. The van der Waals surface area contributed by atoms with Crippen molar-refractivity contribution in [3.8, 4) is 0 Å². The summed E-state index contributed by atoms with van der Waals surface area (Å²) < 4.78 is 59.2. The second-order valence-electron chi connectivity index (χ2n) is 8.78. The van der Waals surface area contributed by atoms with Crippen LogP contribution in [-0.4, -0.2) is 60.7 Å². The number of aliphatic imine (C=N–C) groups is 2. The number of fused-ring (bicyclic) bond motifs is 4. The molecule has 2 saturated heterocycles. The zero-order valence-corrected chi connectivity index (χ0v) is 21.0. The van der Waals surface area contributed by atoms with E-state index in [1.54, 1.807) is 0 Å². The van der Waals surface area contributed by atoms with Crippen LogP contribution < -0.4 is 0 Å². The number of nitrogens with zero attached hydrogens (tertiary/aromatic N) is 4. The number of hydrogen-bond acceptors (Lipinski definition) is 4. The van der Waals surface area contributed by atoms with Crippen LogP contribution in [0, 0.1) is 11.8 Å². The largest absolute Gasteiger partial charge is 0 e. The molecule has 0 N–H and O–H groups in total. The van der Waals surface area contributed by atoms with Crippen LogP contribution in [0.1, 0.15) is 44.9 Å². The molecule has 0 spiro atoms. The first-order chi connectivity index (χ1) is 14.8. The monoisotopic (exact) mass is 588 g/mol. The van der Waals surface area contributed by atoms with Crippen molar-refractivity contribution in [3.05, 3.63) is 24.3 Å². The molecule has 4 nitrogen and oxygen atoms in total. The van der Waals surface area contributed by atoms with Gasteiger partial charge in [0.05, 0.1) is 11.7 Å². The Morgan fingerprint density at radius 3 is 1.24 bits per heavy atom. The van der Waals surface area contributed by atoms with Gasteiger partial charge in [-0.1, -0.05) is 24.3 Å². The van der Waals surface area contributed by atoms with Crippen LogP contribution >= 0.6 is 7.81 Å². The van der Waals surface area contributed by atoms with E-state index in [-0.39, 0.29) is 19.5 Å². The van der Waals surface area contributed by atoms with Gasteiger partial charge in [-0.15, -0.1) is 0 Å². The Balaban J connectivity index is 0.000000155. The van der Waals surface area contributed by atoms with Crippen molar-refractivity contribution in [2.75, 3.05) is 39.3 Å². The summed E-state index contributed by atoms with van der Waals surface area (Å²) in [7, 11) is -10.7. The Kier molecular flexibility index (Phi) is 9.23. The Bertz CT molecular complexity index is 708. The van der Waals surface area contributed by atoms with Crippen LogP contribution in [0.4, 0.5) is 25.2 Å². The maximum absolute atomic E-state index is 10.7. The third-order valence-corrected chi connectivity index (χ3v) is 5.90. The van der Waals surface area contributed by atoms with E-state index in [0.29, 0.717) is 0 Å². The summed E-state index contributed by atoms with van der Waals surface area (Å²) in [5.74, 6) is 4.37. The molecule has 2 aliphatic carbocycles. The number of hydrogen-bond donors (Lipinski definition) is 0. The van der Waals surface area contributed by atoms with Gasteiger partial charge in [0.25, 0.3) is 0 Å². The number of rotatable bonds is 0. The number of allylic oxidation sites excluding steroid dienone is 4. The van der Waals surface area contributed by atoms with E-state index in [0.717, 1.165) is 24.9 Å². The number of halogens is 6. The molecule has 2 bridgehead atoms. The average molecular weight is 588 g/mol. The molecule has 0 aromatic rings. The fraction of sp³-hybridized carbons (Fsp3) is 0.714. The van der Waals surface area contributed by atoms with Crippen LogP contribution in [0.5, 0.6) is 0 Å². The minimum atomic E-state index is -10.7. The van der Waals surface area contributed by atoms with Gasteiger partial charge in [0.1, 0.15) is 0 Å². The van der Waals surface area contributed by atoms with Crippen LogP contribution in [0.15, 0.2) is 34.3 Å². The summed E-state index contributed by atoms with van der Waals surface area (Å²) in [5.41, 5.74) is 0. The summed E-state index contributed by atoms with van der Waals surface area (Å²) in [4.78, 5) is 13.7. The van der Waals surface area contributed by atoms with Gasteiger partial charge in [-0.2, -0.15) is 0 Å².